The predicted octanol–water partition coefficient (Wildman–Crippen LogP) is 3.93. The monoisotopic (exact) mass is 358 g/mol. The van der Waals surface area contributed by atoms with Crippen LogP contribution in [0.2, 0.25) is 0 Å². The summed E-state index contributed by atoms with van der Waals surface area (Å²) in [5.74, 6) is 0.198. The predicted molar refractivity (Wildman–Crippen MR) is 83.6 cm³/mol. The summed E-state index contributed by atoms with van der Waals surface area (Å²) in [5, 5.41) is 0. The number of ether oxygens (including phenoxy) is 4. The Hall–Kier alpha value is -1.41. The van der Waals surface area contributed by atoms with Crippen molar-refractivity contribution < 1.29 is 32.1 Å². The third-order valence-electron chi connectivity index (χ3n) is 4.23. The number of allylic oxidation sites excluding steroid dienone is 1. The van der Waals surface area contributed by atoms with E-state index < -0.39 is 18.0 Å². The molecule has 25 heavy (non-hydrogen) atoms. The molecule has 0 radical (unpaired) electrons. The highest BCUT2D eigenvalue weighted by atomic mass is 19.4. The van der Waals surface area contributed by atoms with Crippen molar-refractivity contribution in [2.24, 2.45) is 11.8 Å². The van der Waals surface area contributed by atoms with Gasteiger partial charge in [0.25, 0.3) is 0 Å². The van der Waals surface area contributed by atoms with E-state index in [0.717, 1.165) is 12.1 Å². The summed E-state index contributed by atoms with van der Waals surface area (Å²) in [6.45, 7) is 3.87. The Morgan fingerprint density at radius 2 is 1.52 bits per heavy atom. The zero-order valence-electron chi connectivity index (χ0n) is 13.9. The van der Waals surface area contributed by atoms with Gasteiger partial charge >= 0.3 is 6.18 Å². The summed E-state index contributed by atoms with van der Waals surface area (Å²) >= 11 is 0. The molecule has 1 aromatic carbocycles. The smallest absolute Gasteiger partial charge is 0.351 e. The van der Waals surface area contributed by atoms with Crippen LogP contribution in [0.5, 0.6) is 0 Å². The fourth-order valence-corrected chi connectivity index (χ4v) is 2.89. The molecule has 0 N–H and O–H groups in total. The third-order valence-corrected chi connectivity index (χ3v) is 4.23. The van der Waals surface area contributed by atoms with Crippen LogP contribution < -0.4 is 0 Å². The molecule has 7 heteroatoms. The van der Waals surface area contributed by atoms with E-state index in [-0.39, 0.29) is 18.1 Å². The van der Waals surface area contributed by atoms with Crippen molar-refractivity contribution in [3.05, 3.63) is 47.5 Å². The van der Waals surface area contributed by atoms with Crippen LogP contribution in [0.1, 0.15) is 24.3 Å². The molecule has 0 atom stereocenters. The molecule has 0 spiro atoms. The van der Waals surface area contributed by atoms with E-state index in [1.807, 2.05) is 19.1 Å². The van der Waals surface area contributed by atoms with Gasteiger partial charge in [0, 0.05) is 11.5 Å². The van der Waals surface area contributed by atoms with Crippen molar-refractivity contribution in [1.29, 1.82) is 0 Å². The molecule has 0 amide bonds. The maximum Gasteiger partial charge on any atom is 0.416 e. The molecule has 2 aliphatic rings. The van der Waals surface area contributed by atoms with Gasteiger partial charge in [0.2, 0.25) is 0 Å². The van der Waals surface area contributed by atoms with E-state index in [1.165, 1.54) is 12.1 Å². The van der Waals surface area contributed by atoms with Gasteiger partial charge in [-0.1, -0.05) is 24.3 Å². The summed E-state index contributed by atoms with van der Waals surface area (Å²) in [6.07, 6.45) is -1.38. The summed E-state index contributed by atoms with van der Waals surface area (Å²) in [7, 11) is 0. The summed E-state index contributed by atoms with van der Waals surface area (Å²) in [5.41, 5.74) is -0.130. The van der Waals surface area contributed by atoms with Crippen LogP contribution in [0.3, 0.4) is 0 Å². The Morgan fingerprint density at radius 1 is 0.920 bits per heavy atom. The van der Waals surface area contributed by atoms with Crippen molar-refractivity contribution >= 4 is 0 Å². The van der Waals surface area contributed by atoms with Gasteiger partial charge < -0.3 is 18.9 Å². The Morgan fingerprint density at radius 3 is 2.04 bits per heavy atom. The molecule has 0 bridgehead atoms. The summed E-state index contributed by atoms with van der Waals surface area (Å²) in [4.78, 5) is 0. The average molecular weight is 358 g/mol. The summed E-state index contributed by atoms with van der Waals surface area (Å²) in [6, 6.07) is 4.82. The van der Waals surface area contributed by atoms with Crippen molar-refractivity contribution in [2.75, 3.05) is 26.4 Å². The highest BCUT2D eigenvalue weighted by molar-refractivity contribution is 5.25. The van der Waals surface area contributed by atoms with Crippen molar-refractivity contribution in [3.8, 4) is 0 Å². The van der Waals surface area contributed by atoms with E-state index >= 15 is 0 Å². The first-order chi connectivity index (χ1) is 12.0. The minimum atomic E-state index is -4.35. The molecule has 2 aliphatic heterocycles. The second kappa shape index (κ2) is 7.86. The lowest BCUT2D eigenvalue weighted by molar-refractivity contribution is -0.280. The van der Waals surface area contributed by atoms with Crippen LogP contribution >= 0.6 is 0 Å². The zero-order valence-corrected chi connectivity index (χ0v) is 13.9. The minimum Gasteiger partial charge on any atom is -0.351 e. The molecule has 138 valence electrons. The number of rotatable bonds is 3. The topological polar surface area (TPSA) is 36.9 Å². The van der Waals surface area contributed by atoms with Crippen LogP contribution in [0.25, 0.3) is 0 Å². The van der Waals surface area contributed by atoms with Crippen LogP contribution in [-0.4, -0.2) is 32.7 Å². The average Bonchev–Trinajstić information content (AvgIpc) is 2.62. The van der Waals surface area contributed by atoms with E-state index in [0.29, 0.717) is 32.0 Å². The maximum absolute atomic E-state index is 12.6. The molecule has 2 saturated heterocycles. The van der Waals surface area contributed by atoms with E-state index in [2.05, 4.69) is 0 Å². The molecule has 0 saturated carbocycles. The fourth-order valence-electron chi connectivity index (χ4n) is 2.89. The Balaban J connectivity index is 1.50. The van der Waals surface area contributed by atoms with Crippen LogP contribution in [-0.2, 0) is 25.1 Å². The zero-order chi connectivity index (χ0) is 17.9. The lowest BCUT2D eigenvalue weighted by Crippen LogP contribution is -2.42. The molecule has 2 fully saturated rings. The van der Waals surface area contributed by atoms with Gasteiger partial charge in [-0.2, -0.15) is 13.2 Å². The molecule has 0 aliphatic carbocycles. The largest absolute Gasteiger partial charge is 0.416 e. The first-order valence-electron chi connectivity index (χ1n) is 8.23. The first-order valence-corrected chi connectivity index (χ1v) is 8.23. The number of benzene rings is 1. The molecular formula is C18H21F3O4. The highest BCUT2D eigenvalue weighted by Gasteiger charge is 2.34. The maximum atomic E-state index is 12.6. The fraction of sp³-hybridized carbons (Fsp3) is 0.556. The quantitative estimate of drug-likeness (QED) is 0.767. The lowest BCUT2D eigenvalue weighted by Gasteiger charge is -2.37. The van der Waals surface area contributed by atoms with Gasteiger partial charge in [-0.05, 0) is 19.1 Å². The molecule has 0 unspecified atom stereocenters. The van der Waals surface area contributed by atoms with E-state index in [1.54, 1.807) is 0 Å². The molecule has 2 heterocycles. The molecule has 4 nitrogen and oxygen atoms in total. The van der Waals surface area contributed by atoms with Gasteiger partial charge in [0.1, 0.15) is 0 Å². The van der Waals surface area contributed by atoms with E-state index in [9.17, 15) is 13.2 Å². The van der Waals surface area contributed by atoms with Crippen LogP contribution in [0, 0.1) is 11.8 Å². The van der Waals surface area contributed by atoms with Gasteiger partial charge in [-0.15, -0.1) is 0 Å². The first kappa shape index (κ1) is 18.4. The van der Waals surface area contributed by atoms with Crippen molar-refractivity contribution in [3.63, 3.8) is 0 Å². The van der Waals surface area contributed by atoms with Crippen LogP contribution in [0.15, 0.2) is 36.4 Å². The lowest BCUT2D eigenvalue weighted by atomic mass is 10.1. The molecule has 3 rings (SSSR count). The number of alkyl halides is 3. The van der Waals surface area contributed by atoms with Gasteiger partial charge in [-0.3, -0.25) is 0 Å². The molecular weight excluding hydrogens is 337 g/mol. The Kier molecular flexibility index (Phi) is 5.78. The Bertz CT molecular complexity index is 569. The SMILES string of the molecule is C/C=C/[C@H]1CO[C@H]([C@H]2CO[C@H](c3ccc(C(F)(F)F)cc3)OC2)OC1. The second-order valence-electron chi connectivity index (χ2n) is 6.20. The minimum absolute atomic E-state index is 0.0581. The van der Waals surface area contributed by atoms with Gasteiger partial charge in [0.05, 0.1) is 37.9 Å². The number of halogens is 3. The summed E-state index contributed by atoms with van der Waals surface area (Å²) < 4.78 is 60.5. The van der Waals surface area contributed by atoms with Crippen LogP contribution in [0.4, 0.5) is 13.2 Å². The van der Waals surface area contributed by atoms with E-state index in [4.69, 9.17) is 18.9 Å². The van der Waals surface area contributed by atoms with Gasteiger partial charge in [-0.25, -0.2) is 0 Å². The standard InChI is InChI=1S/C18H21F3O4/c1-2-3-12-8-22-17(23-9-12)14-10-24-16(25-11-14)13-4-6-15(7-5-13)18(19,20)21/h2-7,12,14,16-17H,8-11H2,1H3/b3-2+/t12-,14-,16-,17-. The number of hydrogen-bond acceptors (Lipinski definition) is 4. The third kappa shape index (κ3) is 4.61. The number of hydrogen-bond donors (Lipinski definition) is 0. The molecule has 0 aromatic heterocycles. The highest BCUT2D eigenvalue weighted by Crippen LogP contribution is 2.32. The Labute approximate surface area is 144 Å². The van der Waals surface area contributed by atoms with Crippen molar-refractivity contribution in [1.82, 2.24) is 0 Å². The normalized spacial score (nSPS) is 31.4. The molecule has 1 aromatic rings. The second-order valence-corrected chi connectivity index (χ2v) is 6.20. The van der Waals surface area contributed by atoms with Gasteiger partial charge in [0.15, 0.2) is 12.6 Å². The van der Waals surface area contributed by atoms with Crippen molar-refractivity contribution in [2.45, 2.75) is 25.7 Å².